The van der Waals surface area contributed by atoms with Gasteiger partial charge in [0.15, 0.2) is 8.32 Å². The summed E-state index contributed by atoms with van der Waals surface area (Å²) in [6, 6.07) is 7.69. The summed E-state index contributed by atoms with van der Waals surface area (Å²) in [6.45, 7) is 10.5. The fraction of sp³-hybridized carbons (Fsp3) is 0.533. The Labute approximate surface area is 130 Å². The van der Waals surface area contributed by atoms with Crippen LogP contribution in [-0.4, -0.2) is 25.5 Å². The van der Waals surface area contributed by atoms with Crippen LogP contribution in [0.3, 0.4) is 0 Å². The SMILES string of the molecule is CC(C)(C)[Si](C)(C)O[C@H](Cc1cccc(Br)c1)C(=O)O. The van der Waals surface area contributed by atoms with E-state index in [2.05, 4.69) is 49.8 Å². The Morgan fingerprint density at radius 3 is 2.45 bits per heavy atom. The first-order valence-corrected chi connectivity index (χ1v) is 10.4. The van der Waals surface area contributed by atoms with Crippen molar-refractivity contribution in [2.24, 2.45) is 0 Å². The molecule has 0 heterocycles. The Hall–Kier alpha value is -0.653. The van der Waals surface area contributed by atoms with Crippen molar-refractivity contribution in [1.29, 1.82) is 0 Å². The second-order valence-electron chi connectivity index (χ2n) is 6.54. The molecule has 0 aliphatic rings. The number of rotatable bonds is 5. The average Bonchev–Trinajstić information content (AvgIpc) is 2.26. The first-order chi connectivity index (χ1) is 9.03. The van der Waals surface area contributed by atoms with Crippen molar-refractivity contribution in [3.63, 3.8) is 0 Å². The molecular weight excluding hydrogens is 336 g/mol. The largest absolute Gasteiger partial charge is 0.479 e. The lowest BCUT2D eigenvalue weighted by atomic mass is 10.1. The van der Waals surface area contributed by atoms with Crippen molar-refractivity contribution >= 4 is 30.2 Å². The Kier molecular flexibility index (Phi) is 5.58. The molecule has 0 saturated carbocycles. The molecule has 112 valence electrons. The molecule has 0 aliphatic carbocycles. The van der Waals surface area contributed by atoms with Crippen molar-refractivity contribution in [1.82, 2.24) is 0 Å². The minimum Gasteiger partial charge on any atom is -0.479 e. The molecule has 0 fully saturated rings. The Morgan fingerprint density at radius 2 is 2.00 bits per heavy atom. The number of hydrogen-bond donors (Lipinski definition) is 1. The number of benzene rings is 1. The van der Waals surface area contributed by atoms with Gasteiger partial charge < -0.3 is 9.53 Å². The normalized spacial score (nSPS) is 14.1. The molecule has 3 nitrogen and oxygen atoms in total. The molecule has 0 spiro atoms. The molecular formula is C15H23BrO3Si. The summed E-state index contributed by atoms with van der Waals surface area (Å²) in [4.78, 5) is 11.5. The zero-order chi connectivity index (χ0) is 15.6. The van der Waals surface area contributed by atoms with E-state index in [0.29, 0.717) is 6.42 Å². The molecule has 1 atom stereocenters. The van der Waals surface area contributed by atoms with Crippen LogP contribution in [0.4, 0.5) is 0 Å². The summed E-state index contributed by atoms with van der Waals surface area (Å²) in [6.07, 6.45) is -0.397. The van der Waals surface area contributed by atoms with Crippen LogP contribution in [0.1, 0.15) is 26.3 Å². The first kappa shape index (κ1) is 17.4. The van der Waals surface area contributed by atoms with Crippen molar-refractivity contribution in [3.05, 3.63) is 34.3 Å². The van der Waals surface area contributed by atoms with Crippen LogP contribution in [0.2, 0.25) is 18.1 Å². The second kappa shape index (κ2) is 6.41. The van der Waals surface area contributed by atoms with Gasteiger partial charge in [-0.25, -0.2) is 4.79 Å². The molecule has 20 heavy (non-hydrogen) atoms. The third kappa shape index (κ3) is 4.72. The van der Waals surface area contributed by atoms with Crippen LogP contribution in [0.25, 0.3) is 0 Å². The maximum Gasteiger partial charge on any atom is 0.331 e. The quantitative estimate of drug-likeness (QED) is 0.789. The zero-order valence-corrected chi connectivity index (χ0v) is 15.3. The Bertz CT molecular complexity index is 480. The van der Waals surface area contributed by atoms with Gasteiger partial charge in [-0.05, 0) is 35.8 Å². The van der Waals surface area contributed by atoms with E-state index in [0.717, 1.165) is 10.0 Å². The monoisotopic (exact) mass is 358 g/mol. The van der Waals surface area contributed by atoms with Gasteiger partial charge in [0.25, 0.3) is 0 Å². The van der Waals surface area contributed by atoms with E-state index in [9.17, 15) is 9.90 Å². The number of halogens is 1. The van der Waals surface area contributed by atoms with Crippen LogP contribution >= 0.6 is 15.9 Å². The summed E-state index contributed by atoms with van der Waals surface area (Å²) in [5.74, 6) is -0.894. The fourth-order valence-corrected chi connectivity index (χ4v) is 3.29. The average molecular weight is 359 g/mol. The van der Waals surface area contributed by atoms with E-state index >= 15 is 0 Å². The van der Waals surface area contributed by atoms with Gasteiger partial charge in [-0.2, -0.15) is 0 Å². The minimum absolute atomic E-state index is 0.00201. The third-order valence-electron chi connectivity index (χ3n) is 3.83. The fourth-order valence-electron chi connectivity index (χ4n) is 1.59. The smallest absolute Gasteiger partial charge is 0.331 e. The zero-order valence-electron chi connectivity index (χ0n) is 12.7. The molecule has 0 aromatic heterocycles. The van der Waals surface area contributed by atoms with Crippen LogP contribution in [0, 0.1) is 0 Å². The van der Waals surface area contributed by atoms with E-state index in [4.69, 9.17) is 4.43 Å². The van der Waals surface area contributed by atoms with Gasteiger partial charge in [-0.3, -0.25) is 0 Å². The summed E-state index contributed by atoms with van der Waals surface area (Å²) in [7, 11) is -2.09. The standard InChI is InChI=1S/C15H23BrO3Si/c1-15(2,3)20(4,5)19-13(14(17)18)10-11-7-6-8-12(16)9-11/h6-9,13H,10H2,1-5H3,(H,17,18)/t13-/m1/s1. The molecule has 1 aromatic rings. The summed E-state index contributed by atoms with van der Waals surface area (Å²) in [5, 5.41) is 9.42. The molecule has 1 N–H and O–H groups in total. The molecule has 5 heteroatoms. The summed E-state index contributed by atoms with van der Waals surface area (Å²) >= 11 is 3.40. The maximum atomic E-state index is 11.5. The molecule has 0 amide bonds. The Balaban J connectivity index is 2.89. The maximum absolute atomic E-state index is 11.5. The molecule has 0 radical (unpaired) electrons. The van der Waals surface area contributed by atoms with Gasteiger partial charge in [-0.1, -0.05) is 48.8 Å². The van der Waals surface area contributed by atoms with Crippen LogP contribution in [0.15, 0.2) is 28.7 Å². The molecule has 1 aromatic carbocycles. The lowest BCUT2D eigenvalue weighted by molar-refractivity contribution is -0.145. The van der Waals surface area contributed by atoms with E-state index in [1.165, 1.54) is 0 Å². The van der Waals surface area contributed by atoms with Crippen LogP contribution < -0.4 is 0 Å². The van der Waals surface area contributed by atoms with Crippen molar-refractivity contribution in [3.8, 4) is 0 Å². The number of aliphatic carboxylic acids is 1. The Morgan fingerprint density at radius 1 is 1.40 bits per heavy atom. The highest BCUT2D eigenvalue weighted by atomic mass is 79.9. The van der Waals surface area contributed by atoms with Gasteiger partial charge in [-0.15, -0.1) is 0 Å². The topological polar surface area (TPSA) is 46.5 Å². The lowest BCUT2D eigenvalue weighted by Gasteiger charge is -2.38. The van der Waals surface area contributed by atoms with E-state index in [1.807, 2.05) is 24.3 Å². The predicted octanol–water partition coefficient (Wildman–Crippen LogP) is 4.47. The molecule has 0 saturated heterocycles. The minimum atomic E-state index is -2.09. The van der Waals surface area contributed by atoms with Gasteiger partial charge in [0, 0.05) is 10.9 Å². The molecule has 0 unspecified atom stereocenters. The highest BCUT2D eigenvalue weighted by molar-refractivity contribution is 9.10. The van der Waals surface area contributed by atoms with E-state index in [1.54, 1.807) is 0 Å². The number of carboxylic acid groups (broad SMARTS) is 1. The van der Waals surface area contributed by atoms with Gasteiger partial charge >= 0.3 is 5.97 Å². The van der Waals surface area contributed by atoms with Crippen LogP contribution in [0.5, 0.6) is 0 Å². The van der Waals surface area contributed by atoms with Crippen molar-refractivity contribution in [2.75, 3.05) is 0 Å². The second-order valence-corrected chi connectivity index (χ2v) is 12.2. The van der Waals surface area contributed by atoms with Crippen molar-refractivity contribution in [2.45, 2.75) is 51.4 Å². The van der Waals surface area contributed by atoms with Gasteiger partial charge in [0.2, 0.25) is 0 Å². The number of hydrogen-bond acceptors (Lipinski definition) is 2. The van der Waals surface area contributed by atoms with E-state index < -0.39 is 20.4 Å². The third-order valence-corrected chi connectivity index (χ3v) is 8.81. The first-order valence-electron chi connectivity index (χ1n) is 6.68. The van der Waals surface area contributed by atoms with E-state index in [-0.39, 0.29) is 5.04 Å². The summed E-state index contributed by atoms with van der Waals surface area (Å²) in [5.41, 5.74) is 0.963. The number of carbonyl (C=O) groups is 1. The number of carboxylic acids is 1. The van der Waals surface area contributed by atoms with Crippen molar-refractivity contribution < 1.29 is 14.3 Å². The highest BCUT2D eigenvalue weighted by Gasteiger charge is 2.40. The molecule has 0 aliphatic heterocycles. The highest BCUT2D eigenvalue weighted by Crippen LogP contribution is 2.37. The molecule has 1 rings (SSSR count). The lowest BCUT2D eigenvalue weighted by Crippen LogP contribution is -2.46. The summed E-state index contributed by atoms with van der Waals surface area (Å²) < 4.78 is 6.98. The predicted molar refractivity (Wildman–Crippen MR) is 87.6 cm³/mol. The molecule has 0 bridgehead atoms. The van der Waals surface area contributed by atoms with Crippen LogP contribution in [-0.2, 0) is 15.6 Å². The van der Waals surface area contributed by atoms with Gasteiger partial charge in [0.05, 0.1) is 0 Å². The van der Waals surface area contributed by atoms with Gasteiger partial charge in [0.1, 0.15) is 6.10 Å².